The molecule has 1 aliphatic rings. The van der Waals surface area contributed by atoms with Crippen molar-refractivity contribution in [3.63, 3.8) is 0 Å². The number of rotatable bonds is 4. The van der Waals surface area contributed by atoms with Gasteiger partial charge in [0.1, 0.15) is 17.5 Å². The van der Waals surface area contributed by atoms with E-state index in [4.69, 9.17) is 5.73 Å². The molecule has 1 fully saturated rings. The maximum atomic E-state index is 5.97. The van der Waals surface area contributed by atoms with E-state index in [1.807, 2.05) is 6.92 Å². The first-order chi connectivity index (χ1) is 8.61. The Balaban J connectivity index is 2.20. The fourth-order valence-corrected chi connectivity index (χ4v) is 2.59. The molecule has 3 N–H and O–H groups in total. The summed E-state index contributed by atoms with van der Waals surface area (Å²) in [6.45, 7) is 6.43. The van der Waals surface area contributed by atoms with Crippen LogP contribution in [0.3, 0.4) is 0 Å². The number of hydrogen-bond acceptors (Lipinski definition) is 4. The van der Waals surface area contributed by atoms with Crippen molar-refractivity contribution in [3.8, 4) is 0 Å². The standard InChI is InChI=1S/C14H24N4/c1-4-6-12-17-13(15)10(3)14(18-12)16-11-8-5-7-9(11)2/h9,11H,4-8H2,1-3H3,(H3,15,16,17,18). The summed E-state index contributed by atoms with van der Waals surface area (Å²) in [5.41, 5.74) is 6.95. The quantitative estimate of drug-likeness (QED) is 0.860. The molecule has 0 spiro atoms. The lowest BCUT2D eigenvalue weighted by atomic mass is 10.1. The Kier molecular flexibility index (Phi) is 4.04. The molecule has 0 aromatic carbocycles. The minimum Gasteiger partial charge on any atom is -0.383 e. The lowest BCUT2D eigenvalue weighted by Gasteiger charge is -2.20. The van der Waals surface area contributed by atoms with Gasteiger partial charge in [0, 0.05) is 18.0 Å². The molecule has 2 unspecified atom stereocenters. The van der Waals surface area contributed by atoms with Gasteiger partial charge >= 0.3 is 0 Å². The van der Waals surface area contributed by atoms with Crippen LogP contribution in [0.1, 0.15) is 50.9 Å². The summed E-state index contributed by atoms with van der Waals surface area (Å²) in [7, 11) is 0. The van der Waals surface area contributed by atoms with Gasteiger partial charge in [-0.25, -0.2) is 9.97 Å². The third-order valence-corrected chi connectivity index (χ3v) is 3.89. The van der Waals surface area contributed by atoms with Gasteiger partial charge < -0.3 is 11.1 Å². The highest BCUT2D eigenvalue weighted by Gasteiger charge is 2.24. The topological polar surface area (TPSA) is 63.8 Å². The van der Waals surface area contributed by atoms with Crippen LogP contribution in [-0.4, -0.2) is 16.0 Å². The number of nitrogen functional groups attached to an aromatic ring is 1. The number of aryl methyl sites for hydroxylation is 1. The molecule has 2 atom stereocenters. The number of nitrogens with one attached hydrogen (secondary N) is 1. The molecule has 1 aliphatic carbocycles. The second kappa shape index (κ2) is 5.55. The van der Waals surface area contributed by atoms with E-state index in [2.05, 4.69) is 29.1 Å². The molecule has 0 aliphatic heterocycles. The van der Waals surface area contributed by atoms with Crippen LogP contribution in [0.4, 0.5) is 11.6 Å². The third-order valence-electron chi connectivity index (χ3n) is 3.89. The van der Waals surface area contributed by atoms with E-state index < -0.39 is 0 Å². The van der Waals surface area contributed by atoms with Crippen LogP contribution in [0.25, 0.3) is 0 Å². The average molecular weight is 248 g/mol. The lowest BCUT2D eigenvalue weighted by Crippen LogP contribution is -2.24. The van der Waals surface area contributed by atoms with Crippen molar-refractivity contribution in [2.45, 2.75) is 58.9 Å². The first-order valence-electron chi connectivity index (χ1n) is 7.01. The van der Waals surface area contributed by atoms with Crippen molar-refractivity contribution < 1.29 is 0 Å². The van der Waals surface area contributed by atoms with Crippen molar-refractivity contribution in [1.82, 2.24) is 9.97 Å². The molecule has 100 valence electrons. The zero-order chi connectivity index (χ0) is 13.1. The largest absolute Gasteiger partial charge is 0.383 e. The molecule has 1 aromatic heterocycles. The first kappa shape index (κ1) is 13.1. The average Bonchev–Trinajstić information content (AvgIpc) is 2.72. The predicted octanol–water partition coefficient (Wildman–Crippen LogP) is 2.92. The van der Waals surface area contributed by atoms with Gasteiger partial charge in [-0.2, -0.15) is 0 Å². The second-order valence-electron chi connectivity index (χ2n) is 5.41. The smallest absolute Gasteiger partial charge is 0.134 e. The van der Waals surface area contributed by atoms with Gasteiger partial charge in [-0.05, 0) is 32.1 Å². The monoisotopic (exact) mass is 248 g/mol. The normalized spacial score (nSPS) is 23.3. The van der Waals surface area contributed by atoms with Crippen molar-refractivity contribution in [2.75, 3.05) is 11.1 Å². The van der Waals surface area contributed by atoms with Gasteiger partial charge in [-0.1, -0.05) is 20.3 Å². The predicted molar refractivity (Wildman–Crippen MR) is 75.6 cm³/mol. The van der Waals surface area contributed by atoms with Crippen molar-refractivity contribution in [1.29, 1.82) is 0 Å². The minimum absolute atomic E-state index is 0.535. The molecule has 2 rings (SSSR count). The van der Waals surface area contributed by atoms with Gasteiger partial charge in [0.15, 0.2) is 0 Å². The molecule has 0 bridgehead atoms. The molecule has 0 saturated heterocycles. The lowest BCUT2D eigenvalue weighted by molar-refractivity contribution is 0.554. The van der Waals surface area contributed by atoms with Crippen molar-refractivity contribution in [3.05, 3.63) is 11.4 Å². The second-order valence-corrected chi connectivity index (χ2v) is 5.41. The molecular weight excluding hydrogens is 224 g/mol. The van der Waals surface area contributed by atoms with Crippen LogP contribution in [0.2, 0.25) is 0 Å². The summed E-state index contributed by atoms with van der Waals surface area (Å²) in [6.07, 6.45) is 5.77. The van der Waals surface area contributed by atoms with Gasteiger partial charge in [0.2, 0.25) is 0 Å². The molecule has 1 aromatic rings. The molecule has 4 nitrogen and oxygen atoms in total. The summed E-state index contributed by atoms with van der Waals surface area (Å²) in [6, 6.07) is 0.535. The summed E-state index contributed by atoms with van der Waals surface area (Å²) in [5.74, 6) is 3.12. The Morgan fingerprint density at radius 3 is 2.72 bits per heavy atom. The van der Waals surface area contributed by atoms with Crippen LogP contribution in [0.15, 0.2) is 0 Å². The van der Waals surface area contributed by atoms with Crippen LogP contribution >= 0.6 is 0 Å². The molecule has 18 heavy (non-hydrogen) atoms. The Hall–Kier alpha value is -1.32. The highest BCUT2D eigenvalue weighted by molar-refractivity contribution is 5.55. The maximum Gasteiger partial charge on any atom is 0.134 e. The highest BCUT2D eigenvalue weighted by atomic mass is 15.1. The number of anilines is 2. The Morgan fingerprint density at radius 2 is 2.11 bits per heavy atom. The van der Waals surface area contributed by atoms with Gasteiger partial charge in [0.05, 0.1) is 0 Å². The molecule has 0 radical (unpaired) electrons. The van der Waals surface area contributed by atoms with E-state index in [1.54, 1.807) is 0 Å². The van der Waals surface area contributed by atoms with E-state index in [0.29, 0.717) is 11.9 Å². The van der Waals surface area contributed by atoms with Gasteiger partial charge in [0.25, 0.3) is 0 Å². The number of nitrogens with zero attached hydrogens (tertiary/aromatic N) is 2. The van der Waals surface area contributed by atoms with E-state index >= 15 is 0 Å². The van der Waals surface area contributed by atoms with Crippen molar-refractivity contribution in [2.24, 2.45) is 5.92 Å². The Labute approximate surface area is 109 Å². The summed E-state index contributed by atoms with van der Waals surface area (Å²) < 4.78 is 0. The fourth-order valence-electron chi connectivity index (χ4n) is 2.59. The number of aromatic nitrogens is 2. The van der Waals surface area contributed by atoms with Gasteiger partial charge in [-0.15, -0.1) is 0 Å². The molecule has 1 heterocycles. The first-order valence-corrected chi connectivity index (χ1v) is 7.01. The SMILES string of the molecule is CCCc1nc(N)c(C)c(NC2CCCC2C)n1. The zero-order valence-electron chi connectivity index (χ0n) is 11.7. The molecule has 4 heteroatoms. The number of hydrogen-bond donors (Lipinski definition) is 2. The van der Waals surface area contributed by atoms with Crippen LogP contribution in [0, 0.1) is 12.8 Å². The minimum atomic E-state index is 0.535. The molecule has 0 amide bonds. The summed E-state index contributed by atoms with van der Waals surface area (Å²) >= 11 is 0. The van der Waals surface area contributed by atoms with Crippen LogP contribution in [0.5, 0.6) is 0 Å². The Bertz CT molecular complexity index is 417. The van der Waals surface area contributed by atoms with Crippen molar-refractivity contribution >= 4 is 11.6 Å². The van der Waals surface area contributed by atoms with Crippen LogP contribution < -0.4 is 11.1 Å². The fraction of sp³-hybridized carbons (Fsp3) is 0.714. The highest BCUT2D eigenvalue weighted by Crippen LogP contribution is 2.29. The van der Waals surface area contributed by atoms with Gasteiger partial charge in [-0.3, -0.25) is 0 Å². The third kappa shape index (κ3) is 2.74. The maximum absolute atomic E-state index is 5.97. The Morgan fingerprint density at radius 1 is 1.33 bits per heavy atom. The van der Waals surface area contributed by atoms with E-state index in [1.165, 1.54) is 19.3 Å². The van der Waals surface area contributed by atoms with E-state index in [-0.39, 0.29) is 0 Å². The van der Waals surface area contributed by atoms with E-state index in [0.717, 1.165) is 36.0 Å². The zero-order valence-corrected chi connectivity index (χ0v) is 11.7. The molecule has 1 saturated carbocycles. The summed E-state index contributed by atoms with van der Waals surface area (Å²) in [5, 5.41) is 3.57. The van der Waals surface area contributed by atoms with Crippen LogP contribution in [-0.2, 0) is 6.42 Å². The summed E-state index contributed by atoms with van der Waals surface area (Å²) in [4.78, 5) is 8.96. The van der Waals surface area contributed by atoms with E-state index in [9.17, 15) is 0 Å². The number of nitrogens with two attached hydrogens (primary N) is 1. The molecular formula is C14H24N4.